The van der Waals surface area contributed by atoms with Crippen LogP contribution in [0.1, 0.15) is 99.5 Å². The van der Waals surface area contributed by atoms with E-state index in [4.69, 9.17) is 78.2 Å². The first-order chi connectivity index (χ1) is 62.0. The number of nitrogens with two attached hydrogens (primary N) is 5. The molecule has 5 atom stereocenters. The number of methoxy groups -OCH3 is 2. The van der Waals surface area contributed by atoms with Gasteiger partial charge in [0.25, 0.3) is 36.0 Å². The molecule has 0 fully saturated rings. The Kier molecular flexibility index (Phi) is 36.3. The number of ether oxygens (including phenoxy) is 8. The Morgan fingerprint density at radius 1 is 0.328 bits per heavy atom. The number of hydrogen-bond donors (Lipinski definition) is 10. The Balaban J connectivity index is 0.000000155. The van der Waals surface area contributed by atoms with Gasteiger partial charge in [-0.05, 0) is 255 Å². The van der Waals surface area contributed by atoms with E-state index >= 15 is 0 Å². The maximum atomic E-state index is 12.9. The number of benzene rings is 10. The van der Waals surface area contributed by atoms with Crippen molar-refractivity contribution in [1.82, 2.24) is 0 Å². The standard InChI is InChI=1S/C21H25N3O3.C20H23N3O3.C19H20ClN3O2.C19H20FN3O2.C19H21N3O3/c1-2-26-19-11-6-16(7-12-19)13-20(25)23-17-8-3-15(4-9-17)5-10-18-14-27-21(22)24-18;1-25-18-10-5-15(6-11-18)12-19(24)22-16-7-2-14(3-8-16)4-9-17-13-26-20(21)23-17;2*20-15-6-1-14(2-7-15)11-18(24)22-16-8-3-13(4-9-16)5-10-17-12-25-19(21)23-17;1-24-17-10-5-14(6-11-17)18(23)21-15-7-2-13(3-8-15)4-9-16-12-25-19(20)22-16/h3-4,6-9,11-12,18H,2,5,10,13-14H2,1H3,(H2,22,24)(H,23,25);2-3,5-8,10-11,17H,4,9,12-13H2,1H3,(H2,21,23)(H,22,24);2*1-4,6-9,17H,5,10-12H2,(H2,21,23)(H,22,24);2-3,5-8,10-11,16H,4,9,12H2,1H3,(H2,20,22)(H,21,23). The number of hydrogen-bond acceptors (Lipinski definition) is 23. The zero-order valence-electron chi connectivity index (χ0n) is 71.8. The molecule has 0 bridgehead atoms. The number of halogens is 2. The zero-order valence-corrected chi connectivity index (χ0v) is 72.6. The summed E-state index contributed by atoms with van der Waals surface area (Å²) in [6, 6.07) is 76.5. The molecule has 0 saturated heterocycles. The van der Waals surface area contributed by atoms with Crippen LogP contribution in [0.2, 0.25) is 5.02 Å². The molecule has 10 aromatic carbocycles. The zero-order chi connectivity index (χ0) is 90.4. The lowest BCUT2D eigenvalue weighted by molar-refractivity contribution is -0.116. The van der Waals surface area contributed by atoms with Gasteiger partial charge in [0.05, 0.1) is 76.7 Å². The first kappa shape index (κ1) is 94.2. The molecule has 15 rings (SSSR count). The number of nitrogens with one attached hydrogen (secondary N) is 5. The molecule has 5 heterocycles. The van der Waals surface area contributed by atoms with Crippen LogP contribution in [-0.4, -0.2) is 144 Å². The van der Waals surface area contributed by atoms with Crippen LogP contribution in [0.15, 0.2) is 268 Å². The predicted molar refractivity (Wildman–Crippen MR) is 499 cm³/mol. The average molecular weight is 1760 g/mol. The Morgan fingerprint density at radius 2 is 0.555 bits per heavy atom. The van der Waals surface area contributed by atoms with Gasteiger partial charge in [0.15, 0.2) is 0 Å². The van der Waals surface area contributed by atoms with Crippen molar-refractivity contribution in [2.24, 2.45) is 53.6 Å². The number of carbonyl (C=O) groups is 5. The summed E-state index contributed by atoms with van der Waals surface area (Å²) in [5.74, 6) is 1.59. The van der Waals surface area contributed by atoms with Gasteiger partial charge in [-0.1, -0.05) is 121 Å². The number of anilines is 5. The fourth-order valence-electron chi connectivity index (χ4n) is 13.7. The molecule has 5 unspecified atom stereocenters. The van der Waals surface area contributed by atoms with Gasteiger partial charge in [0.2, 0.25) is 23.6 Å². The summed E-state index contributed by atoms with van der Waals surface area (Å²) < 4.78 is 54.2. The smallest absolute Gasteiger partial charge is 0.282 e. The topological polar surface area (TPSA) is 411 Å². The summed E-state index contributed by atoms with van der Waals surface area (Å²) in [4.78, 5) is 81.8. The van der Waals surface area contributed by atoms with Crippen molar-refractivity contribution in [3.05, 3.63) is 309 Å². The van der Waals surface area contributed by atoms with Crippen LogP contribution in [-0.2, 0) is 101 Å². The maximum absolute atomic E-state index is 12.9. The van der Waals surface area contributed by atoms with Gasteiger partial charge < -0.3 is 93.1 Å². The third-order valence-electron chi connectivity index (χ3n) is 20.7. The summed E-state index contributed by atoms with van der Waals surface area (Å²) in [6.45, 7) is 5.36. The van der Waals surface area contributed by atoms with Crippen LogP contribution in [0.5, 0.6) is 17.2 Å². The SMILES string of the molecule is CCOc1ccc(CC(=O)Nc2ccc(CCC3COC(N)=N3)cc2)cc1.COc1ccc(C(=O)Nc2ccc(CCC3COC(N)=N3)cc2)cc1.COc1ccc(CC(=O)Nc2ccc(CCC3COC(N)=N3)cc2)cc1.NC1=NC(CCc2ccc(NC(=O)Cc3ccc(Cl)cc3)cc2)CO1.NC1=NC(CCc2ccc(NC(=O)Cc3ccc(F)cc3)cc2)CO1. The molecular formula is C98H109ClFN15O13. The third kappa shape index (κ3) is 33.2. The molecule has 0 aromatic heterocycles. The molecule has 0 spiro atoms. The molecule has 10 aromatic rings. The Bertz CT molecular complexity index is 5250. The number of aliphatic imine (C=N–C) groups is 5. The molecule has 0 radical (unpaired) electrons. The molecule has 28 nitrogen and oxygen atoms in total. The molecule has 0 saturated carbocycles. The summed E-state index contributed by atoms with van der Waals surface area (Å²) >= 11 is 5.85. The molecule has 128 heavy (non-hydrogen) atoms. The van der Waals surface area contributed by atoms with Gasteiger partial charge in [0.1, 0.15) is 56.1 Å². The van der Waals surface area contributed by atoms with Crippen LogP contribution in [0, 0.1) is 5.82 Å². The summed E-state index contributed by atoms with van der Waals surface area (Å²) in [5, 5.41) is 15.2. The first-order valence-corrected chi connectivity index (χ1v) is 42.7. The van der Waals surface area contributed by atoms with Crippen LogP contribution in [0.4, 0.5) is 32.8 Å². The van der Waals surface area contributed by atoms with E-state index in [0.29, 0.717) is 69.5 Å². The number of amidine groups is 5. The highest BCUT2D eigenvalue weighted by atomic mass is 35.5. The van der Waals surface area contributed by atoms with Gasteiger partial charge in [0, 0.05) is 39.0 Å². The minimum atomic E-state index is -0.308. The van der Waals surface area contributed by atoms with Gasteiger partial charge in [-0.3, -0.25) is 24.0 Å². The average Bonchev–Trinajstić information content (AvgIpc) is 1.61. The monoisotopic (exact) mass is 1760 g/mol. The Hall–Kier alpha value is -14.5. The van der Waals surface area contributed by atoms with Crippen molar-refractivity contribution in [1.29, 1.82) is 0 Å². The van der Waals surface area contributed by atoms with Crippen molar-refractivity contribution in [2.45, 2.75) is 127 Å². The second kappa shape index (κ2) is 49.3. The van der Waals surface area contributed by atoms with E-state index in [9.17, 15) is 28.4 Å². The van der Waals surface area contributed by atoms with Crippen molar-refractivity contribution < 1.29 is 66.3 Å². The Labute approximate surface area is 749 Å². The van der Waals surface area contributed by atoms with Crippen molar-refractivity contribution >= 4 is 99.7 Å². The molecule has 0 aliphatic carbocycles. The largest absolute Gasteiger partial charge is 0.497 e. The van der Waals surface area contributed by atoms with E-state index in [2.05, 4.69) is 51.5 Å². The second-order valence-electron chi connectivity index (χ2n) is 30.6. The fourth-order valence-corrected chi connectivity index (χ4v) is 13.8. The summed E-state index contributed by atoms with van der Waals surface area (Å²) in [6.07, 6.45) is 10.1. The van der Waals surface area contributed by atoms with E-state index in [1.54, 1.807) is 62.8 Å². The van der Waals surface area contributed by atoms with E-state index in [-0.39, 0.29) is 102 Å². The van der Waals surface area contributed by atoms with E-state index in [1.807, 2.05) is 189 Å². The minimum absolute atomic E-state index is 0.0418. The van der Waals surface area contributed by atoms with E-state index in [0.717, 1.165) is 138 Å². The molecular weight excluding hydrogens is 1650 g/mol. The van der Waals surface area contributed by atoms with Gasteiger partial charge in [-0.15, -0.1) is 0 Å². The van der Waals surface area contributed by atoms with Crippen molar-refractivity contribution in [2.75, 3.05) is 80.4 Å². The minimum Gasteiger partial charge on any atom is -0.497 e. The molecule has 30 heteroatoms. The number of carbonyl (C=O) groups excluding carboxylic acids is 5. The molecule has 15 N–H and O–H groups in total. The quantitative estimate of drug-likeness (QED) is 0.0183. The number of rotatable bonds is 33. The lowest BCUT2D eigenvalue weighted by Gasteiger charge is -2.08. The van der Waals surface area contributed by atoms with Gasteiger partial charge in [-0.2, -0.15) is 0 Å². The highest BCUT2D eigenvalue weighted by molar-refractivity contribution is 6.30. The van der Waals surface area contributed by atoms with Crippen LogP contribution in [0.3, 0.4) is 0 Å². The third-order valence-corrected chi connectivity index (χ3v) is 20.9. The predicted octanol–water partition coefficient (Wildman–Crippen LogP) is 13.8. The molecule has 668 valence electrons. The fraction of sp³-hybridized carbons (Fsp3) is 0.286. The second-order valence-corrected chi connectivity index (χ2v) is 31.0. The van der Waals surface area contributed by atoms with Crippen molar-refractivity contribution in [3.8, 4) is 17.2 Å². The van der Waals surface area contributed by atoms with Crippen LogP contribution >= 0.6 is 11.6 Å². The maximum Gasteiger partial charge on any atom is 0.282 e. The molecule has 5 amide bonds. The lowest BCUT2D eigenvalue weighted by Crippen LogP contribution is -2.14. The lowest BCUT2D eigenvalue weighted by atomic mass is 10.1. The van der Waals surface area contributed by atoms with Crippen molar-refractivity contribution in [3.63, 3.8) is 0 Å². The van der Waals surface area contributed by atoms with Crippen LogP contribution in [0.25, 0.3) is 0 Å². The van der Waals surface area contributed by atoms with E-state index < -0.39 is 0 Å². The summed E-state index contributed by atoms with van der Waals surface area (Å²) in [5.41, 5.74) is 41.5. The normalized spacial score (nSPS) is 16.0. The first-order valence-electron chi connectivity index (χ1n) is 42.3. The van der Waals surface area contributed by atoms with Gasteiger partial charge >= 0.3 is 0 Å². The number of aryl methyl sites for hydroxylation is 5. The number of amides is 5. The van der Waals surface area contributed by atoms with Crippen LogP contribution < -0.4 is 69.5 Å². The highest BCUT2D eigenvalue weighted by Gasteiger charge is 2.22. The molecule has 5 aliphatic heterocycles. The van der Waals surface area contributed by atoms with E-state index in [1.165, 1.54) is 34.4 Å². The number of nitrogens with zero attached hydrogens (tertiary/aromatic N) is 5. The highest BCUT2D eigenvalue weighted by Crippen LogP contribution is 2.25. The molecule has 5 aliphatic rings. The summed E-state index contributed by atoms with van der Waals surface area (Å²) in [7, 11) is 3.22. The van der Waals surface area contributed by atoms with Gasteiger partial charge in [-0.25, -0.2) is 29.4 Å². The Morgan fingerprint density at radius 3 is 0.797 bits per heavy atom.